The molecule has 0 radical (unpaired) electrons. The van der Waals surface area contributed by atoms with E-state index in [4.69, 9.17) is 4.74 Å². The predicted molar refractivity (Wildman–Crippen MR) is 87.1 cm³/mol. The van der Waals surface area contributed by atoms with Crippen LogP contribution >= 0.6 is 0 Å². The lowest BCUT2D eigenvalue weighted by atomic mass is 9.94. The van der Waals surface area contributed by atoms with Crippen molar-refractivity contribution in [2.75, 3.05) is 45.9 Å². The molecule has 3 saturated heterocycles. The summed E-state index contributed by atoms with van der Waals surface area (Å²) in [6.45, 7) is 9.23. The van der Waals surface area contributed by atoms with Gasteiger partial charge in [-0.05, 0) is 39.5 Å². The zero-order valence-electron chi connectivity index (χ0n) is 14.4. The van der Waals surface area contributed by atoms with E-state index >= 15 is 0 Å². The van der Waals surface area contributed by atoms with Crippen molar-refractivity contribution >= 4 is 11.9 Å². The lowest BCUT2D eigenvalue weighted by Crippen LogP contribution is -2.54. The first-order chi connectivity index (χ1) is 11.0. The van der Waals surface area contributed by atoms with Crippen LogP contribution in [0.2, 0.25) is 0 Å². The summed E-state index contributed by atoms with van der Waals surface area (Å²) in [5.74, 6) is 0.307. The van der Waals surface area contributed by atoms with Gasteiger partial charge in [0.15, 0.2) is 0 Å². The van der Waals surface area contributed by atoms with Crippen molar-refractivity contribution in [3.63, 3.8) is 0 Å². The summed E-state index contributed by atoms with van der Waals surface area (Å²) in [4.78, 5) is 31.0. The summed E-state index contributed by atoms with van der Waals surface area (Å²) < 4.78 is 5.69. The van der Waals surface area contributed by atoms with E-state index in [1.807, 2.05) is 28.5 Å². The normalized spacial score (nSPS) is 25.7. The van der Waals surface area contributed by atoms with Crippen molar-refractivity contribution < 1.29 is 14.3 Å². The molecule has 23 heavy (non-hydrogen) atoms. The predicted octanol–water partition coefficient (Wildman–Crippen LogP) is 1.55. The number of carbonyl (C=O) groups excluding carboxylic acids is 2. The third-order valence-electron chi connectivity index (χ3n) is 5.23. The van der Waals surface area contributed by atoms with Gasteiger partial charge in [0.25, 0.3) is 0 Å². The van der Waals surface area contributed by atoms with Crippen molar-refractivity contribution in [1.29, 1.82) is 0 Å². The minimum Gasteiger partial charge on any atom is -0.372 e. The number of nitrogens with zero attached hydrogens (tertiary/aromatic N) is 3. The van der Waals surface area contributed by atoms with Crippen molar-refractivity contribution in [3.05, 3.63) is 0 Å². The van der Waals surface area contributed by atoms with E-state index in [-0.39, 0.29) is 23.5 Å². The first-order valence-corrected chi connectivity index (χ1v) is 8.93. The van der Waals surface area contributed by atoms with E-state index in [0.717, 1.165) is 38.8 Å². The highest BCUT2D eigenvalue weighted by molar-refractivity contribution is 5.80. The van der Waals surface area contributed by atoms with Crippen LogP contribution in [0.3, 0.4) is 0 Å². The van der Waals surface area contributed by atoms with Crippen molar-refractivity contribution in [2.45, 2.75) is 45.1 Å². The average molecular weight is 323 g/mol. The second-order valence-corrected chi connectivity index (χ2v) is 7.61. The van der Waals surface area contributed by atoms with E-state index in [9.17, 15) is 9.59 Å². The Kier molecular flexibility index (Phi) is 4.80. The molecular formula is C17H29N3O3. The Morgan fingerprint density at radius 3 is 2.13 bits per heavy atom. The van der Waals surface area contributed by atoms with Crippen LogP contribution in [0.4, 0.5) is 4.79 Å². The Morgan fingerprint density at radius 2 is 1.52 bits per heavy atom. The standard InChI is InChI=1S/C17H29N3O3/c1-17(2)13-20(11-12-23-17)15(21)14-5-9-19(10-6-14)16(22)18-7-3-4-8-18/h14H,3-13H2,1-2H3. The zero-order valence-corrected chi connectivity index (χ0v) is 14.4. The zero-order chi connectivity index (χ0) is 16.4. The molecule has 6 nitrogen and oxygen atoms in total. The average Bonchev–Trinajstić information content (AvgIpc) is 3.07. The van der Waals surface area contributed by atoms with Gasteiger partial charge in [0, 0.05) is 45.2 Å². The SMILES string of the molecule is CC1(C)CN(C(=O)C2CCN(C(=O)N3CCCC3)CC2)CCO1. The molecule has 0 spiro atoms. The van der Waals surface area contributed by atoms with Crippen LogP contribution in [0.15, 0.2) is 0 Å². The topological polar surface area (TPSA) is 53.1 Å². The molecule has 0 aliphatic carbocycles. The van der Waals surface area contributed by atoms with Gasteiger partial charge in [0.1, 0.15) is 0 Å². The number of carbonyl (C=O) groups is 2. The fraction of sp³-hybridized carbons (Fsp3) is 0.882. The number of piperidine rings is 1. The summed E-state index contributed by atoms with van der Waals surface area (Å²) in [6.07, 6.45) is 3.81. The van der Waals surface area contributed by atoms with Crippen LogP contribution in [0.1, 0.15) is 39.5 Å². The highest BCUT2D eigenvalue weighted by atomic mass is 16.5. The number of morpholine rings is 1. The monoisotopic (exact) mass is 323 g/mol. The molecule has 3 aliphatic rings. The van der Waals surface area contributed by atoms with E-state index in [2.05, 4.69) is 0 Å². The van der Waals surface area contributed by atoms with Crippen molar-refractivity contribution in [2.24, 2.45) is 5.92 Å². The summed E-state index contributed by atoms with van der Waals surface area (Å²) in [5, 5.41) is 0. The number of rotatable bonds is 1. The van der Waals surface area contributed by atoms with Gasteiger partial charge in [-0.25, -0.2) is 4.79 Å². The summed E-state index contributed by atoms with van der Waals surface area (Å²) in [5.41, 5.74) is -0.250. The molecule has 0 unspecified atom stereocenters. The summed E-state index contributed by atoms with van der Waals surface area (Å²) in [7, 11) is 0. The van der Waals surface area contributed by atoms with Gasteiger partial charge in [0.05, 0.1) is 12.2 Å². The first-order valence-electron chi connectivity index (χ1n) is 8.93. The minimum absolute atomic E-state index is 0.0616. The number of hydrogen-bond acceptors (Lipinski definition) is 3. The first kappa shape index (κ1) is 16.6. The second-order valence-electron chi connectivity index (χ2n) is 7.61. The molecule has 3 amide bonds. The maximum Gasteiger partial charge on any atom is 0.319 e. The highest BCUT2D eigenvalue weighted by Gasteiger charge is 2.36. The smallest absolute Gasteiger partial charge is 0.319 e. The number of likely N-dealkylation sites (tertiary alicyclic amines) is 2. The van der Waals surface area contributed by atoms with Gasteiger partial charge in [-0.15, -0.1) is 0 Å². The Bertz CT molecular complexity index is 452. The van der Waals surface area contributed by atoms with Crippen LogP contribution < -0.4 is 0 Å². The lowest BCUT2D eigenvalue weighted by Gasteiger charge is -2.41. The van der Waals surface area contributed by atoms with Crippen LogP contribution in [-0.4, -0.2) is 78.1 Å². The van der Waals surface area contributed by atoms with Gasteiger partial charge < -0.3 is 19.4 Å². The van der Waals surface area contributed by atoms with Gasteiger partial charge in [-0.2, -0.15) is 0 Å². The molecule has 0 bridgehead atoms. The third-order valence-corrected chi connectivity index (χ3v) is 5.23. The number of ether oxygens (including phenoxy) is 1. The molecule has 130 valence electrons. The number of hydrogen-bond donors (Lipinski definition) is 0. The molecule has 0 atom stereocenters. The number of urea groups is 1. The molecule has 3 aliphatic heterocycles. The van der Waals surface area contributed by atoms with E-state index in [0.29, 0.717) is 32.8 Å². The van der Waals surface area contributed by atoms with Crippen LogP contribution in [0.5, 0.6) is 0 Å². The fourth-order valence-electron chi connectivity index (χ4n) is 3.89. The molecule has 0 N–H and O–H groups in total. The van der Waals surface area contributed by atoms with Gasteiger partial charge in [0.2, 0.25) is 5.91 Å². The van der Waals surface area contributed by atoms with Crippen molar-refractivity contribution in [3.8, 4) is 0 Å². The van der Waals surface area contributed by atoms with E-state index in [1.54, 1.807) is 0 Å². The molecule has 0 aromatic heterocycles. The molecule has 3 fully saturated rings. The lowest BCUT2D eigenvalue weighted by molar-refractivity contribution is -0.151. The molecule has 3 heterocycles. The Morgan fingerprint density at radius 1 is 0.913 bits per heavy atom. The molecular weight excluding hydrogens is 294 g/mol. The van der Waals surface area contributed by atoms with Gasteiger partial charge >= 0.3 is 6.03 Å². The summed E-state index contributed by atoms with van der Waals surface area (Å²) in [6, 6.07) is 0.168. The quantitative estimate of drug-likeness (QED) is 0.736. The van der Waals surface area contributed by atoms with Crippen LogP contribution in [0, 0.1) is 5.92 Å². The fourth-order valence-corrected chi connectivity index (χ4v) is 3.89. The molecule has 6 heteroatoms. The Hall–Kier alpha value is -1.30. The molecule has 0 aromatic carbocycles. The molecule has 0 aromatic rings. The third kappa shape index (κ3) is 3.79. The maximum atomic E-state index is 12.7. The van der Waals surface area contributed by atoms with Gasteiger partial charge in [-0.3, -0.25) is 4.79 Å². The van der Waals surface area contributed by atoms with Gasteiger partial charge in [-0.1, -0.05) is 0 Å². The second kappa shape index (κ2) is 6.67. The Labute approximate surface area is 138 Å². The van der Waals surface area contributed by atoms with E-state index in [1.165, 1.54) is 0 Å². The number of amides is 3. The largest absolute Gasteiger partial charge is 0.372 e. The highest BCUT2D eigenvalue weighted by Crippen LogP contribution is 2.24. The molecule has 3 rings (SSSR count). The van der Waals surface area contributed by atoms with Crippen LogP contribution in [-0.2, 0) is 9.53 Å². The van der Waals surface area contributed by atoms with Crippen LogP contribution in [0.25, 0.3) is 0 Å². The van der Waals surface area contributed by atoms with E-state index < -0.39 is 0 Å². The maximum absolute atomic E-state index is 12.7. The van der Waals surface area contributed by atoms with Crippen molar-refractivity contribution in [1.82, 2.24) is 14.7 Å². The summed E-state index contributed by atoms with van der Waals surface area (Å²) >= 11 is 0. The minimum atomic E-state index is -0.250. The Balaban J connectivity index is 1.50. The molecule has 0 saturated carbocycles.